The zero-order valence-electron chi connectivity index (χ0n) is 12.4. The van der Waals surface area contributed by atoms with Crippen LogP contribution >= 0.6 is 0 Å². The van der Waals surface area contributed by atoms with Gasteiger partial charge in [-0.25, -0.2) is 8.42 Å². The van der Waals surface area contributed by atoms with Gasteiger partial charge in [0.25, 0.3) is 0 Å². The molecule has 0 bridgehead atoms. The number of sulfone groups is 1. The van der Waals surface area contributed by atoms with Crippen LogP contribution in [0.2, 0.25) is 0 Å². The summed E-state index contributed by atoms with van der Waals surface area (Å²) in [5.41, 5.74) is 2.89. The monoisotopic (exact) mass is 295 g/mol. The molecule has 1 aliphatic carbocycles. The highest BCUT2D eigenvalue weighted by Crippen LogP contribution is 2.38. The number of rotatable bonds is 8. The van der Waals surface area contributed by atoms with Gasteiger partial charge < -0.3 is 5.32 Å². The Hall–Kier alpha value is -0.870. The SMILES string of the molecule is CCNC(CCCS(=O)(=O)CC)C1Cc2ccccc21. The number of hydrogen-bond acceptors (Lipinski definition) is 3. The van der Waals surface area contributed by atoms with Gasteiger partial charge in [-0.15, -0.1) is 0 Å². The molecule has 0 spiro atoms. The summed E-state index contributed by atoms with van der Waals surface area (Å²) in [7, 11) is -2.83. The Morgan fingerprint density at radius 2 is 2.05 bits per heavy atom. The molecular weight excluding hydrogens is 270 g/mol. The second kappa shape index (κ2) is 6.72. The summed E-state index contributed by atoms with van der Waals surface area (Å²) in [6.45, 7) is 4.77. The standard InChI is InChI=1S/C16H25NO2S/c1-3-17-16(10-7-11-20(18,19)4-2)15-12-13-8-5-6-9-14(13)15/h5-6,8-9,15-17H,3-4,7,10-12H2,1-2H3. The first kappa shape index (κ1) is 15.5. The Labute approximate surface area is 122 Å². The van der Waals surface area contributed by atoms with Gasteiger partial charge in [-0.05, 0) is 36.9 Å². The molecular formula is C16H25NO2S. The molecule has 0 heterocycles. The molecule has 1 aliphatic rings. The van der Waals surface area contributed by atoms with E-state index in [1.807, 2.05) is 0 Å². The van der Waals surface area contributed by atoms with Gasteiger partial charge in [0.15, 0.2) is 0 Å². The van der Waals surface area contributed by atoms with Crippen LogP contribution in [0.15, 0.2) is 24.3 Å². The average Bonchev–Trinajstić information content (AvgIpc) is 2.40. The van der Waals surface area contributed by atoms with Gasteiger partial charge in [0, 0.05) is 17.7 Å². The van der Waals surface area contributed by atoms with E-state index in [9.17, 15) is 8.42 Å². The molecule has 0 radical (unpaired) electrons. The first-order valence-corrected chi connectivity index (χ1v) is 9.41. The number of hydrogen-bond donors (Lipinski definition) is 1. The summed E-state index contributed by atoms with van der Waals surface area (Å²) >= 11 is 0. The van der Waals surface area contributed by atoms with Crippen molar-refractivity contribution in [2.75, 3.05) is 18.1 Å². The Morgan fingerprint density at radius 1 is 1.30 bits per heavy atom. The predicted molar refractivity (Wildman–Crippen MR) is 83.9 cm³/mol. The van der Waals surface area contributed by atoms with Crippen molar-refractivity contribution in [2.45, 2.75) is 45.1 Å². The molecule has 3 nitrogen and oxygen atoms in total. The number of nitrogens with one attached hydrogen (secondary N) is 1. The number of benzene rings is 1. The van der Waals surface area contributed by atoms with Crippen LogP contribution in [0.1, 0.15) is 43.7 Å². The summed E-state index contributed by atoms with van der Waals surface area (Å²) in [6, 6.07) is 8.98. The zero-order valence-corrected chi connectivity index (χ0v) is 13.2. The molecule has 20 heavy (non-hydrogen) atoms. The number of fused-ring (bicyclic) bond motifs is 1. The quantitative estimate of drug-likeness (QED) is 0.801. The third kappa shape index (κ3) is 3.61. The Balaban J connectivity index is 1.93. The van der Waals surface area contributed by atoms with Crippen LogP contribution in [0.3, 0.4) is 0 Å². The van der Waals surface area contributed by atoms with Gasteiger partial charge >= 0.3 is 0 Å². The minimum atomic E-state index is -2.83. The summed E-state index contributed by atoms with van der Waals surface area (Å²) in [4.78, 5) is 0. The van der Waals surface area contributed by atoms with Crippen molar-refractivity contribution in [1.29, 1.82) is 0 Å². The Kier molecular flexibility index (Phi) is 5.22. The van der Waals surface area contributed by atoms with Gasteiger partial charge in [0.2, 0.25) is 0 Å². The highest BCUT2D eigenvalue weighted by molar-refractivity contribution is 7.91. The highest BCUT2D eigenvalue weighted by atomic mass is 32.2. The maximum Gasteiger partial charge on any atom is 0.150 e. The lowest BCUT2D eigenvalue weighted by Crippen LogP contribution is -2.40. The van der Waals surface area contributed by atoms with E-state index in [2.05, 4.69) is 36.5 Å². The van der Waals surface area contributed by atoms with Crippen LogP contribution in [0.4, 0.5) is 0 Å². The van der Waals surface area contributed by atoms with Crippen molar-refractivity contribution in [2.24, 2.45) is 0 Å². The second-order valence-corrected chi connectivity index (χ2v) is 8.02. The molecule has 1 aromatic carbocycles. The fourth-order valence-corrected chi connectivity index (χ4v) is 3.93. The molecule has 0 saturated carbocycles. The average molecular weight is 295 g/mol. The van der Waals surface area contributed by atoms with Gasteiger partial charge in [-0.3, -0.25) is 0 Å². The van der Waals surface area contributed by atoms with Crippen molar-refractivity contribution >= 4 is 9.84 Å². The second-order valence-electron chi connectivity index (χ2n) is 5.55. The van der Waals surface area contributed by atoms with Gasteiger partial charge in [-0.2, -0.15) is 0 Å². The predicted octanol–water partition coefficient (Wildman–Crippen LogP) is 2.52. The molecule has 1 N–H and O–H groups in total. The van der Waals surface area contributed by atoms with E-state index in [1.165, 1.54) is 11.1 Å². The summed E-state index contributed by atoms with van der Waals surface area (Å²) in [5.74, 6) is 1.13. The maximum atomic E-state index is 11.6. The van der Waals surface area contributed by atoms with E-state index in [0.717, 1.165) is 25.8 Å². The van der Waals surface area contributed by atoms with Crippen molar-refractivity contribution in [3.05, 3.63) is 35.4 Å². The Bertz CT molecular complexity index is 539. The van der Waals surface area contributed by atoms with Crippen LogP contribution in [-0.2, 0) is 16.3 Å². The van der Waals surface area contributed by atoms with Crippen molar-refractivity contribution in [3.63, 3.8) is 0 Å². The lowest BCUT2D eigenvalue weighted by atomic mass is 9.72. The molecule has 0 aromatic heterocycles. The van der Waals surface area contributed by atoms with E-state index < -0.39 is 9.84 Å². The molecule has 1 aromatic rings. The van der Waals surface area contributed by atoms with Crippen LogP contribution < -0.4 is 5.32 Å². The molecule has 0 fully saturated rings. The molecule has 4 heteroatoms. The van der Waals surface area contributed by atoms with Crippen LogP contribution in [-0.4, -0.2) is 32.5 Å². The van der Waals surface area contributed by atoms with E-state index >= 15 is 0 Å². The fraction of sp³-hybridized carbons (Fsp3) is 0.625. The van der Waals surface area contributed by atoms with Crippen LogP contribution in [0, 0.1) is 0 Å². The maximum absolute atomic E-state index is 11.6. The van der Waals surface area contributed by atoms with E-state index in [1.54, 1.807) is 6.92 Å². The van der Waals surface area contributed by atoms with Gasteiger partial charge in [-0.1, -0.05) is 38.1 Å². The molecule has 2 rings (SSSR count). The first-order chi connectivity index (χ1) is 9.57. The van der Waals surface area contributed by atoms with Gasteiger partial charge in [0.05, 0.1) is 5.75 Å². The molecule has 0 aliphatic heterocycles. The van der Waals surface area contributed by atoms with Gasteiger partial charge in [0.1, 0.15) is 9.84 Å². The van der Waals surface area contributed by atoms with E-state index in [0.29, 0.717) is 17.7 Å². The lowest BCUT2D eigenvalue weighted by Gasteiger charge is -2.37. The smallest absolute Gasteiger partial charge is 0.150 e. The van der Waals surface area contributed by atoms with Crippen LogP contribution in [0.5, 0.6) is 0 Å². The zero-order chi connectivity index (χ0) is 14.6. The minimum Gasteiger partial charge on any atom is -0.314 e. The summed E-state index contributed by atoms with van der Waals surface area (Å²) in [5, 5.41) is 3.53. The molecule has 0 saturated heterocycles. The number of likely N-dealkylation sites (N-methyl/N-ethyl adjacent to an activating group) is 1. The molecule has 0 amide bonds. The minimum absolute atomic E-state index is 0.255. The lowest BCUT2D eigenvalue weighted by molar-refractivity contribution is 0.383. The highest BCUT2D eigenvalue weighted by Gasteiger charge is 2.31. The Morgan fingerprint density at radius 3 is 2.70 bits per heavy atom. The topological polar surface area (TPSA) is 46.2 Å². The molecule has 2 atom stereocenters. The van der Waals surface area contributed by atoms with E-state index in [4.69, 9.17) is 0 Å². The third-order valence-electron chi connectivity index (χ3n) is 4.26. The summed E-state index contributed by atoms with van der Waals surface area (Å²) in [6.07, 6.45) is 2.81. The first-order valence-electron chi connectivity index (χ1n) is 7.59. The largest absolute Gasteiger partial charge is 0.314 e. The van der Waals surface area contributed by atoms with Crippen molar-refractivity contribution < 1.29 is 8.42 Å². The molecule has 112 valence electrons. The van der Waals surface area contributed by atoms with Crippen LogP contribution in [0.25, 0.3) is 0 Å². The van der Waals surface area contributed by atoms with Crippen molar-refractivity contribution in [3.8, 4) is 0 Å². The van der Waals surface area contributed by atoms with Crippen molar-refractivity contribution in [1.82, 2.24) is 5.32 Å². The fourth-order valence-electron chi connectivity index (χ4n) is 3.03. The summed E-state index contributed by atoms with van der Waals surface area (Å²) < 4.78 is 23.1. The normalized spacial score (nSPS) is 19.2. The van der Waals surface area contributed by atoms with E-state index in [-0.39, 0.29) is 5.75 Å². The third-order valence-corrected chi connectivity index (χ3v) is 6.05. The molecule has 2 unspecified atom stereocenters.